The van der Waals surface area contributed by atoms with Crippen molar-refractivity contribution in [2.24, 2.45) is 0 Å². The molecule has 2 aromatic rings. The van der Waals surface area contributed by atoms with Crippen molar-refractivity contribution in [2.75, 3.05) is 6.26 Å². The molecule has 0 aliphatic rings. The molecular formula is C11H10FNO3S. The van der Waals surface area contributed by atoms with Crippen LogP contribution in [0.3, 0.4) is 0 Å². The number of H-pyrrole nitrogens is 1. The molecule has 4 nitrogen and oxygen atoms in total. The number of pyridine rings is 1. The average molecular weight is 255 g/mol. The van der Waals surface area contributed by atoms with Gasteiger partial charge in [-0.3, -0.25) is 4.79 Å². The largest absolute Gasteiger partial charge is 0.357 e. The monoisotopic (exact) mass is 255 g/mol. The first-order valence-corrected chi connectivity index (χ1v) is 6.72. The standard InChI is InChI=1S/C11H10FNO3S/c1-6-11(17(2,15)16)10(14)8-4-3-7(12)5-9(8)13-6/h3-5H,1-2H3,(H,13,14). The molecule has 0 saturated carbocycles. The quantitative estimate of drug-likeness (QED) is 0.837. The summed E-state index contributed by atoms with van der Waals surface area (Å²) in [6, 6.07) is 3.56. The number of sulfone groups is 1. The fourth-order valence-electron chi connectivity index (χ4n) is 1.82. The molecular weight excluding hydrogens is 245 g/mol. The second-order valence-corrected chi connectivity index (χ2v) is 5.82. The molecule has 0 fully saturated rings. The summed E-state index contributed by atoms with van der Waals surface area (Å²) >= 11 is 0. The van der Waals surface area contributed by atoms with Crippen LogP contribution >= 0.6 is 0 Å². The minimum absolute atomic E-state index is 0.164. The molecule has 0 saturated heterocycles. The second-order valence-electron chi connectivity index (χ2n) is 3.87. The van der Waals surface area contributed by atoms with Gasteiger partial charge in [-0.05, 0) is 25.1 Å². The van der Waals surface area contributed by atoms with Crippen molar-refractivity contribution in [3.63, 3.8) is 0 Å². The molecule has 0 radical (unpaired) electrons. The van der Waals surface area contributed by atoms with Gasteiger partial charge in [0.05, 0.1) is 5.52 Å². The third kappa shape index (κ3) is 1.95. The Balaban J connectivity index is 3.02. The molecule has 0 unspecified atom stereocenters. The zero-order valence-corrected chi connectivity index (χ0v) is 10.1. The Hall–Kier alpha value is -1.69. The Bertz CT molecular complexity index is 762. The first-order valence-electron chi connectivity index (χ1n) is 4.83. The maximum Gasteiger partial charge on any atom is 0.208 e. The minimum Gasteiger partial charge on any atom is -0.357 e. The predicted octanol–water partition coefficient (Wildman–Crippen LogP) is 1.38. The van der Waals surface area contributed by atoms with Gasteiger partial charge in [0.25, 0.3) is 0 Å². The van der Waals surface area contributed by atoms with Gasteiger partial charge in [0, 0.05) is 17.3 Å². The number of rotatable bonds is 1. The van der Waals surface area contributed by atoms with Gasteiger partial charge in [-0.25, -0.2) is 12.8 Å². The Morgan fingerprint density at radius 2 is 1.94 bits per heavy atom. The van der Waals surface area contributed by atoms with Crippen LogP contribution in [-0.4, -0.2) is 19.7 Å². The van der Waals surface area contributed by atoms with Crippen molar-refractivity contribution in [3.05, 3.63) is 39.9 Å². The Labute approximate surface area is 97.0 Å². The molecule has 1 heterocycles. The van der Waals surface area contributed by atoms with Crippen LogP contribution in [0.15, 0.2) is 27.9 Å². The third-order valence-electron chi connectivity index (χ3n) is 2.47. The summed E-state index contributed by atoms with van der Waals surface area (Å²) in [5.41, 5.74) is -0.0887. The van der Waals surface area contributed by atoms with Crippen molar-refractivity contribution in [3.8, 4) is 0 Å². The summed E-state index contributed by atoms with van der Waals surface area (Å²) in [6.07, 6.45) is 0.972. The lowest BCUT2D eigenvalue weighted by atomic mass is 10.2. The lowest BCUT2D eigenvalue weighted by molar-refractivity contribution is 0.600. The number of aromatic amines is 1. The molecule has 0 atom stereocenters. The number of fused-ring (bicyclic) bond motifs is 1. The summed E-state index contributed by atoms with van der Waals surface area (Å²) in [5.74, 6) is -0.486. The number of hydrogen-bond donors (Lipinski definition) is 1. The van der Waals surface area contributed by atoms with Crippen LogP contribution in [0.4, 0.5) is 4.39 Å². The van der Waals surface area contributed by atoms with E-state index < -0.39 is 21.1 Å². The summed E-state index contributed by atoms with van der Waals surface area (Å²) in [6.45, 7) is 1.47. The van der Waals surface area contributed by atoms with E-state index in [1.54, 1.807) is 0 Å². The molecule has 6 heteroatoms. The number of aromatic nitrogens is 1. The van der Waals surface area contributed by atoms with Crippen molar-refractivity contribution in [1.29, 1.82) is 0 Å². The molecule has 0 bridgehead atoms. The highest BCUT2D eigenvalue weighted by atomic mass is 32.2. The van der Waals surface area contributed by atoms with Crippen LogP contribution in [0.1, 0.15) is 5.69 Å². The van der Waals surface area contributed by atoms with Crippen LogP contribution in [0.2, 0.25) is 0 Å². The SMILES string of the molecule is Cc1[nH]c2cc(F)ccc2c(=O)c1S(C)(=O)=O. The lowest BCUT2D eigenvalue weighted by Crippen LogP contribution is -2.17. The van der Waals surface area contributed by atoms with E-state index in [1.165, 1.54) is 13.0 Å². The molecule has 0 aliphatic carbocycles. The molecule has 1 aromatic carbocycles. The van der Waals surface area contributed by atoms with E-state index in [0.29, 0.717) is 5.52 Å². The van der Waals surface area contributed by atoms with Crippen LogP contribution in [-0.2, 0) is 9.84 Å². The topological polar surface area (TPSA) is 67.0 Å². The van der Waals surface area contributed by atoms with Gasteiger partial charge in [0.15, 0.2) is 9.84 Å². The fraction of sp³-hybridized carbons (Fsp3) is 0.182. The smallest absolute Gasteiger partial charge is 0.208 e. The van der Waals surface area contributed by atoms with Gasteiger partial charge in [0.1, 0.15) is 10.7 Å². The van der Waals surface area contributed by atoms with Crippen molar-refractivity contribution in [2.45, 2.75) is 11.8 Å². The van der Waals surface area contributed by atoms with E-state index in [4.69, 9.17) is 0 Å². The van der Waals surface area contributed by atoms with Gasteiger partial charge in [0.2, 0.25) is 5.43 Å². The number of nitrogens with one attached hydrogen (secondary N) is 1. The molecule has 90 valence electrons. The van der Waals surface area contributed by atoms with Gasteiger partial charge < -0.3 is 4.98 Å². The second kappa shape index (κ2) is 3.66. The first kappa shape index (κ1) is 11.8. The fourth-order valence-corrected chi connectivity index (χ4v) is 2.87. The molecule has 0 spiro atoms. The highest BCUT2D eigenvalue weighted by Crippen LogP contribution is 2.15. The molecule has 0 aliphatic heterocycles. The van der Waals surface area contributed by atoms with Crippen molar-refractivity contribution >= 4 is 20.7 Å². The van der Waals surface area contributed by atoms with Gasteiger partial charge in [-0.15, -0.1) is 0 Å². The Morgan fingerprint density at radius 1 is 1.29 bits per heavy atom. The summed E-state index contributed by atoms with van der Waals surface area (Å²) in [5, 5.41) is 0.164. The van der Waals surface area contributed by atoms with E-state index in [9.17, 15) is 17.6 Å². The summed E-state index contributed by atoms with van der Waals surface area (Å²) < 4.78 is 36.0. The molecule has 1 N–H and O–H groups in total. The van der Waals surface area contributed by atoms with Crippen LogP contribution in [0.5, 0.6) is 0 Å². The van der Waals surface area contributed by atoms with Crippen LogP contribution in [0, 0.1) is 12.7 Å². The first-order chi connectivity index (χ1) is 7.80. The Morgan fingerprint density at radius 3 is 2.53 bits per heavy atom. The van der Waals surface area contributed by atoms with Crippen LogP contribution < -0.4 is 5.43 Å². The maximum absolute atomic E-state index is 13.0. The lowest BCUT2D eigenvalue weighted by Gasteiger charge is -2.06. The zero-order valence-electron chi connectivity index (χ0n) is 9.24. The molecule has 0 amide bonds. The van der Waals surface area contributed by atoms with E-state index in [-0.39, 0.29) is 16.0 Å². The predicted molar refractivity (Wildman–Crippen MR) is 62.4 cm³/mol. The number of benzene rings is 1. The van der Waals surface area contributed by atoms with E-state index in [0.717, 1.165) is 18.4 Å². The van der Waals surface area contributed by atoms with Crippen molar-refractivity contribution in [1.82, 2.24) is 4.98 Å². The van der Waals surface area contributed by atoms with E-state index in [2.05, 4.69) is 4.98 Å². The number of aryl methyl sites for hydroxylation is 1. The van der Waals surface area contributed by atoms with Gasteiger partial charge in [-0.2, -0.15) is 0 Å². The van der Waals surface area contributed by atoms with Crippen LogP contribution in [0.25, 0.3) is 10.9 Å². The molecule has 1 aromatic heterocycles. The van der Waals surface area contributed by atoms with E-state index >= 15 is 0 Å². The third-order valence-corrected chi connectivity index (χ3v) is 3.70. The molecule has 2 rings (SSSR count). The molecule has 17 heavy (non-hydrogen) atoms. The Kier molecular flexibility index (Phi) is 2.54. The van der Waals surface area contributed by atoms with E-state index in [1.807, 2.05) is 0 Å². The number of halogens is 1. The normalized spacial score (nSPS) is 11.9. The van der Waals surface area contributed by atoms with Gasteiger partial charge in [-0.1, -0.05) is 0 Å². The number of hydrogen-bond acceptors (Lipinski definition) is 3. The summed E-state index contributed by atoms with van der Waals surface area (Å²) in [7, 11) is -3.60. The highest BCUT2D eigenvalue weighted by molar-refractivity contribution is 7.90. The van der Waals surface area contributed by atoms with Crippen molar-refractivity contribution < 1.29 is 12.8 Å². The van der Waals surface area contributed by atoms with Gasteiger partial charge >= 0.3 is 0 Å². The zero-order chi connectivity index (χ0) is 12.8. The highest BCUT2D eigenvalue weighted by Gasteiger charge is 2.18. The summed E-state index contributed by atoms with van der Waals surface area (Å²) in [4.78, 5) is 14.4. The maximum atomic E-state index is 13.0. The average Bonchev–Trinajstić information content (AvgIpc) is 2.13. The minimum atomic E-state index is -3.60.